The normalized spacial score (nSPS) is 13.3. The van der Waals surface area contributed by atoms with Gasteiger partial charge in [-0.1, -0.05) is 24.3 Å². The van der Waals surface area contributed by atoms with Crippen LogP contribution in [0.4, 0.5) is 30.7 Å². The number of pyridine rings is 1. The summed E-state index contributed by atoms with van der Waals surface area (Å²) < 4.78 is 92.7. The largest absolute Gasteiger partial charge is 0.491 e. The van der Waals surface area contributed by atoms with Crippen molar-refractivity contribution < 1.29 is 35.5 Å². The van der Waals surface area contributed by atoms with Crippen molar-refractivity contribution in [2.45, 2.75) is 24.4 Å². The van der Waals surface area contributed by atoms with Crippen LogP contribution >= 0.6 is 0 Å². The molecule has 0 aliphatic heterocycles. The summed E-state index contributed by atoms with van der Waals surface area (Å²) in [6.07, 6.45) is -5.49. The molecule has 0 spiro atoms. The van der Waals surface area contributed by atoms with Crippen LogP contribution in [0.5, 0.6) is 5.75 Å². The van der Waals surface area contributed by atoms with E-state index < -0.39 is 31.0 Å². The zero-order valence-electron chi connectivity index (χ0n) is 11.4. The maximum absolute atomic E-state index is 13.1. The minimum Gasteiger partial charge on any atom is -0.491 e. The Kier molecular flexibility index (Phi) is 4.41. The van der Waals surface area contributed by atoms with Gasteiger partial charge in [0.25, 0.3) is 0 Å². The molecule has 23 heavy (non-hydrogen) atoms. The summed E-state index contributed by atoms with van der Waals surface area (Å²) in [7, 11) is 0. The number of alkyl halides is 7. The lowest BCUT2D eigenvalue weighted by Crippen LogP contribution is -2.52. The molecule has 0 unspecified atom stereocenters. The minimum atomic E-state index is -6.34. The second-order valence-electron chi connectivity index (χ2n) is 4.73. The Hall–Kier alpha value is -2.06. The average molecular weight is 341 g/mol. The van der Waals surface area contributed by atoms with E-state index in [9.17, 15) is 30.7 Å². The third kappa shape index (κ3) is 3.32. The number of hydrogen-bond donors (Lipinski definition) is 0. The predicted molar refractivity (Wildman–Crippen MR) is 67.8 cm³/mol. The van der Waals surface area contributed by atoms with Gasteiger partial charge < -0.3 is 4.74 Å². The molecule has 0 atom stereocenters. The van der Waals surface area contributed by atoms with Crippen LogP contribution in [0.25, 0.3) is 10.8 Å². The van der Waals surface area contributed by atoms with Gasteiger partial charge in [0.15, 0.2) is 0 Å². The number of rotatable bonds is 5. The summed E-state index contributed by atoms with van der Waals surface area (Å²) in [4.78, 5) is 3.78. The first-order valence-electron chi connectivity index (χ1n) is 6.34. The Balaban J connectivity index is 2.09. The first kappa shape index (κ1) is 17.3. The smallest absolute Gasteiger partial charge is 0.459 e. The third-order valence-corrected chi connectivity index (χ3v) is 3.12. The first-order valence-corrected chi connectivity index (χ1v) is 6.34. The molecule has 0 saturated carbocycles. The number of ether oxygens (including phenoxy) is 1. The Morgan fingerprint density at radius 1 is 0.913 bits per heavy atom. The Labute approximate surface area is 125 Å². The number of hydrogen-bond acceptors (Lipinski definition) is 2. The Bertz CT molecular complexity index is 679. The number of nitrogens with zero attached hydrogens (tertiary/aromatic N) is 1. The van der Waals surface area contributed by atoms with E-state index >= 15 is 0 Å². The van der Waals surface area contributed by atoms with Crippen molar-refractivity contribution in [2.24, 2.45) is 0 Å². The van der Waals surface area contributed by atoms with Crippen molar-refractivity contribution in [3.8, 4) is 5.75 Å². The van der Waals surface area contributed by atoms with Crippen LogP contribution in [0.15, 0.2) is 36.7 Å². The van der Waals surface area contributed by atoms with Gasteiger partial charge in [-0.3, -0.25) is 4.98 Å². The molecule has 0 amide bonds. The van der Waals surface area contributed by atoms with E-state index in [1.165, 1.54) is 12.4 Å². The highest BCUT2D eigenvalue weighted by Gasteiger charge is 2.72. The average Bonchev–Trinajstić information content (AvgIpc) is 2.46. The zero-order chi connectivity index (χ0) is 17.3. The summed E-state index contributed by atoms with van der Waals surface area (Å²) in [5.74, 6) is -11.4. The van der Waals surface area contributed by atoms with Crippen molar-refractivity contribution in [1.82, 2.24) is 4.98 Å². The summed E-state index contributed by atoms with van der Waals surface area (Å²) in [6, 6.07) is 6.55. The van der Waals surface area contributed by atoms with Gasteiger partial charge in [-0.05, 0) is 0 Å². The van der Waals surface area contributed by atoms with Gasteiger partial charge in [-0.2, -0.15) is 30.7 Å². The molecule has 2 rings (SSSR count). The molecule has 0 N–H and O–H groups in total. The Morgan fingerprint density at radius 2 is 1.57 bits per heavy atom. The van der Waals surface area contributed by atoms with Crippen LogP contribution in [0.2, 0.25) is 0 Å². The molecule has 9 heteroatoms. The monoisotopic (exact) mass is 341 g/mol. The quantitative estimate of drug-likeness (QED) is 0.726. The topological polar surface area (TPSA) is 22.1 Å². The minimum absolute atomic E-state index is 0.0224. The highest BCUT2D eigenvalue weighted by molar-refractivity contribution is 5.87. The van der Waals surface area contributed by atoms with Crippen molar-refractivity contribution >= 4 is 10.8 Å². The first-order chi connectivity index (χ1) is 10.6. The third-order valence-electron chi connectivity index (χ3n) is 3.12. The maximum Gasteiger partial charge on any atom is 0.459 e. The molecule has 0 radical (unpaired) electrons. The summed E-state index contributed by atoms with van der Waals surface area (Å²) in [6.45, 7) is -1.02. The fourth-order valence-electron chi connectivity index (χ4n) is 1.86. The molecule has 1 aromatic heterocycles. The van der Waals surface area contributed by atoms with Crippen LogP contribution in [-0.4, -0.2) is 29.6 Å². The SMILES string of the molecule is FC(F)(F)C(F)(F)C(F)(F)CCOc1cncc2ccccc12. The van der Waals surface area contributed by atoms with Gasteiger partial charge in [-0.15, -0.1) is 0 Å². The van der Waals surface area contributed by atoms with Crippen LogP contribution in [-0.2, 0) is 0 Å². The molecule has 0 aliphatic rings. The molecule has 1 heterocycles. The summed E-state index contributed by atoms with van der Waals surface area (Å²) in [5, 5.41) is 1.09. The van der Waals surface area contributed by atoms with E-state index in [0.29, 0.717) is 10.8 Å². The standard InChI is InChI=1S/C14H10F7NO/c15-12(16,13(17,18)14(19,20)21)5-6-23-11-8-22-7-9-3-1-2-4-10(9)11/h1-4,7-8H,5-6H2. The van der Waals surface area contributed by atoms with E-state index in [1.807, 2.05) is 0 Å². The molecule has 2 aromatic rings. The van der Waals surface area contributed by atoms with Crippen molar-refractivity contribution in [3.05, 3.63) is 36.7 Å². The molecule has 2 nitrogen and oxygen atoms in total. The van der Waals surface area contributed by atoms with Crippen LogP contribution in [0.1, 0.15) is 6.42 Å². The number of halogens is 7. The van der Waals surface area contributed by atoms with E-state index in [0.717, 1.165) is 0 Å². The fourth-order valence-corrected chi connectivity index (χ4v) is 1.86. The summed E-state index contributed by atoms with van der Waals surface area (Å²) in [5.41, 5.74) is 0. The molecular weight excluding hydrogens is 331 g/mol. The second-order valence-corrected chi connectivity index (χ2v) is 4.73. The van der Waals surface area contributed by atoms with Crippen LogP contribution in [0, 0.1) is 0 Å². The molecule has 0 aliphatic carbocycles. The van der Waals surface area contributed by atoms with Crippen molar-refractivity contribution in [2.75, 3.05) is 6.61 Å². The highest BCUT2D eigenvalue weighted by atomic mass is 19.4. The maximum atomic E-state index is 13.1. The Morgan fingerprint density at radius 3 is 2.22 bits per heavy atom. The van der Waals surface area contributed by atoms with Gasteiger partial charge in [0.1, 0.15) is 5.75 Å². The predicted octanol–water partition coefficient (Wildman–Crippen LogP) is 4.84. The van der Waals surface area contributed by atoms with Crippen molar-refractivity contribution in [3.63, 3.8) is 0 Å². The molecule has 0 fully saturated rings. The van der Waals surface area contributed by atoms with Gasteiger partial charge >= 0.3 is 18.0 Å². The van der Waals surface area contributed by atoms with Crippen LogP contribution < -0.4 is 4.74 Å². The lowest BCUT2D eigenvalue weighted by atomic mass is 10.1. The second kappa shape index (κ2) is 5.86. The molecule has 126 valence electrons. The molecule has 1 aromatic carbocycles. The van der Waals surface area contributed by atoms with E-state index in [-0.39, 0.29) is 5.75 Å². The van der Waals surface area contributed by atoms with Gasteiger partial charge in [0.2, 0.25) is 0 Å². The lowest BCUT2D eigenvalue weighted by molar-refractivity contribution is -0.356. The van der Waals surface area contributed by atoms with Gasteiger partial charge in [0, 0.05) is 17.0 Å². The number of aromatic nitrogens is 1. The fraction of sp³-hybridized carbons (Fsp3) is 0.357. The van der Waals surface area contributed by atoms with E-state index in [1.54, 1.807) is 24.3 Å². The molecule has 0 bridgehead atoms. The van der Waals surface area contributed by atoms with E-state index in [4.69, 9.17) is 4.74 Å². The highest BCUT2D eigenvalue weighted by Crippen LogP contribution is 2.48. The van der Waals surface area contributed by atoms with Gasteiger partial charge in [0.05, 0.1) is 19.2 Å². The van der Waals surface area contributed by atoms with Crippen LogP contribution in [0.3, 0.4) is 0 Å². The lowest BCUT2D eigenvalue weighted by Gasteiger charge is -2.28. The van der Waals surface area contributed by atoms with E-state index in [2.05, 4.69) is 4.98 Å². The van der Waals surface area contributed by atoms with Crippen molar-refractivity contribution in [1.29, 1.82) is 0 Å². The number of benzene rings is 1. The summed E-state index contributed by atoms with van der Waals surface area (Å²) >= 11 is 0. The number of fused-ring (bicyclic) bond motifs is 1. The zero-order valence-corrected chi connectivity index (χ0v) is 11.4. The molecular formula is C14H10F7NO. The molecule has 0 saturated heterocycles. The van der Waals surface area contributed by atoms with Gasteiger partial charge in [-0.25, -0.2) is 0 Å².